The number of anilines is 1. The number of halogens is 3. The van der Waals surface area contributed by atoms with Crippen molar-refractivity contribution >= 4 is 17.0 Å². The summed E-state index contributed by atoms with van der Waals surface area (Å²) in [7, 11) is 0. The Hall–Kier alpha value is -1.49. The lowest BCUT2D eigenvalue weighted by Gasteiger charge is -2.25. The van der Waals surface area contributed by atoms with E-state index >= 15 is 0 Å². The van der Waals surface area contributed by atoms with E-state index in [1.807, 2.05) is 17.5 Å². The van der Waals surface area contributed by atoms with Crippen molar-refractivity contribution in [2.45, 2.75) is 31.7 Å². The van der Waals surface area contributed by atoms with Crippen molar-refractivity contribution in [3.8, 4) is 0 Å². The SMILES string of the molecule is Fc1cc(F)c(NC(c2cccs2)C2CCCC2)c(F)c1. The Kier molecular flexibility index (Phi) is 4.19. The summed E-state index contributed by atoms with van der Waals surface area (Å²) in [6, 6.07) is 5.21. The smallest absolute Gasteiger partial charge is 0.152 e. The van der Waals surface area contributed by atoms with Crippen LogP contribution < -0.4 is 5.32 Å². The minimum atomic E-state index is -0.899. The number of rotatable bonds is 4. The molecule has 3 rings (SSSR count). The lowest BCUT2D eigenvalue weighted by atomic mass is 9.96. The van der Waals surface area contributed by atoms with Gasteiger partial charge in [0.1, 0.15) is 11.5 Å². The van der Waals surface area contributed by atoms with E-state index in [4.69, 9.17) is 0 Å². The predicted octanol–water partition coefficient (Wildman–Crippen LogP) is 5.51. The highest BCUT2D eigenvalue weighted by molar-refractivity contribution is 7.10. The van der Waals surface area contributed by atoms with E-state index in [1.54, 1.807) is 11.3 Å². The number of benzene rings is 1. The van der Waals surface area contributed by atoms with Gasteiger partial charge < -0.3 is 5.32 Å². The van der Waals surface area contributed by atoms with Crippen molar-refractivity contribution in [2.75, 3.05) is 5.32 Å². The first kappa shape index (κ1) is 14.4. The predicted molar refractivity (Wildman–Crippen MR) is 79.0 cm³/mol. The highest BCUT2D eigenvalue weighted by Crippen LogP contribution is 2.40. The maximum Gasteiger partial charge on any atom is 0.152 e. The van der Waals surface area contributed by atoms with Crippen LogP contribution in [0.15, 0.2) is 29.6 Å². The number of thiophene rings is 1. The van der Waals surface area contributed by atoms with Crippen molar-refractivity contribution in [1.29, 1.82) is 0 Å². The number of hydrogen-bond acceptors (Lipinski definition) is 2. The van der Waals surface area contributed by atoms with Gasteiger partial charge in [0, 0.05) is 17.0 Å². The summed E-state index contributed by atoms with van der Waals surface area (Å²) in [4.78, 5) is 1.06. The minimum absolute atomic E-state index is 0.123. The van der Waals surface area contributed by atoms with Crippen LogP contribution in [-0.4, -0.2) is 0 Å². The summed E-state index contributed by atoms with van der Waals surface area (Å²) >= 11 is 1.57. The van der Waals surface area contributed by atoms with E-state index in [1.165, 1.54) is 0 Å². The molecule has 1 nitrogen and oxygen atoms in total. The topological polar surface area (TPSA) is 12.0 Å². The van der Waals surface area contributed by atoms with Gasteiger partial charge in [-0.2, -0.15) is 0 Å². The van der Waals surface area contributed by atoms with E-state index in [0.717, 1.165) is 30.6 Å². The van der Waals surface area contributed by atoms with E-state index in [-0.39, 0.29) is 11.7 Å². The van der Waals surface area contributed by atoms with Crippen LogP contribution in [0.4, 0.5) is 18.9 Å². The second kappa shape index (κ2) is 6.10. The van der Waals surface area contributed by atoms with E-state index in [9.17, 15) is 13.2 Å². The molecule has 1 aliphatic rings. The molecular formula is C16H16F3NS. The van der Waals surface area contributed by atoms with Crippen LogP contribution >= 0.6 is 11.3 Å². The zero-order valence-corrected chi connectivity index (χ0v) is 12.2. The standard InChI is InChI=1S/C16H16F3NS/c17-11-8-12(18)16(13(19)9-11)20-15(10-4-1-2-5-10)14-6-3-7-21-14/h3,6-10,15,20H,1-2,4-5H2. The third-order valence-corrected chi connectivity index (χ3v) is 4.98. The zero-order chi connectivity index (χ0) is 14.8. The van der Waals surface area contributed by atoms with Crippen molar-refractivity contribution in [3.63, 3.8) is 0 Å². The first-order chi connectivity index (χ1) is 10.1. The molecule has 0 amide bonds. The van der Waals surface area contributed by atoms with Crippen LogP contribution in [0, 0.1) is 23.4 Å². The maximum atomic E-state index is 13.9. The zero-order valence-electron chi connectivity index (χ0n) is 11.4. The molecule has 112 valence electrons. The molecule has 1 fully saturated rings. The first-order valence-electron chi connectivity index (χ1n) is 7.09. The van der Waals surface area contributed by atoms with E-state index in [0.29, 0.717) is 18.1 Å². The Morgan fingerprint density at radius 2 is 1.76 bits per heavy atom. The fourth-order valence-corrected chi connectivity index (χ4v) is 3.89. The van der Waals surface area contributed by atoms with Crippen LogP contribution in [-0.2, 0) is 0 Å². The summed E-state index contributed by atoms with van der Waals surface area (Å²) in [5.41, 5.74) is -0.235. The molecule has 2 aromatic rings. The van der Waals surface area contributed by atoms with Gasteiger partial charge in [-0.3, -0.25) is 0 Å². The Morgan fingerprint density at radius 1 is 1.10 bits per heavy atom. The van der Waals surface area contributed by atoms with Gasteiger partial charge in [0.15, 0.2) is 11.6 Å². The molecule has 0 aliphatic heterocycles. The summed E-state index contributed by atoms with van der Waals surface area (Å²) < 4.78 is 40.7. The first-order valence-corrected chi connectivity index (χ1v) is 7.97. The lowest BCUT2D eigenvalue weighted by Crippen LogP contribution is -2.19. The van der Waals surface area contributed by atoms with Gasteiger partial charge in [-0.05, 0) is 30.2 Å². The number of nitrogens with one attached hydrogen (secondary N) is 1. The van der Waals surface area contributed by atoms with Crippen LogP contribution in [0.5, 0.6) is 0 Å². The van der Waals surface area contributed by atoms with Crippen LogP contribution in [0.2, 0.25) is 0 Å². The molecule has 1 heterocycles. The third kappa shape index (κ3) is 3.07. The van der Waals surface area contributed by atoms with Crippen molar-refractivity contribution in [3.05, 3.63) is 52.0 Å². The lowest BCUT2D eigenvalue weighted by molar-refractivity contribution is 0.467. The normalized spacial score (nSPS) is 17.1. The minimum Gasteiger partial charge on any atom is -0.372 e. The largest absolute Gasteiger partial charge is 0.372 e. The van der Waals surface area contributed by atoms with Gasteiger partial charge in [-0.25, -0.2) is 13.2 Å². The molecular weight excluding hydrogens is 295 g/mol. The third-order valence-electron chi connectivity index (χ3n) is 4.03. The fourth-order valence-electron chi connectivity index (χ4n) is 3.02. The second-order valence-corrected chi connectivity index (χ2v) is 6.41. The number of hydrogen-bond donors (Lipinski definition) is 1. The van der Waals surface area contributed by atoms with Gasteiger partial charge in [-0.15, -0.1) is 11.3 Å². The molecule has 1 aromatic heterocycles. The van der Waals surface area contributed by atoms with Crippen molar-refractivity contribution < 1.29 is 13.2 Å². The highest BCUT2D eigenvalue weighted by atomic mass is 32.1. The van der Waals surface area contributed by atoms with Gasteiger partial charge >= 0.3 is 0 Å². The van der Waals surface area contributed by atoms with E-state index in [2.05, 4.69) is 5.32 Å². The Labute approximate surface area is 125 Å². The maximum absolute atomic E-state index is 13.9. The molecule has 1 unspecified atom stereocenters. The molecule has 1 aromatic carbocycles. The van der Waals surface area contributed by atoms with Crippen LogP contribution in [0.3, 0.4) is 0 Å². The van der Waals surface area contributed by atoms with Crippen molar-refractivity contribution in [2.24, 2.45) is 5.92 Å². The van der Waals surface area contributed by atoms with Crippen LogP contribution in [0.1, 0.15) is 36.6 Å². The van der Waals surface area contributed by atoms with Gasteiger partial charge in [-0.1, -0.05) is 18.9 Å². The molecule has 5 heteroatoms. The summed E-state index contributed by atoms with van der Waals surface area (Å²) in [6.07, 6.45) is 4.37. The Morgan fingerprint density at radius 3 is 2.33 bits per heavy atom. The Bertz CT molecular complexity index is 583. The summed E-state index contributed by atoms with van der Waals surface area (Å²) in [5.74, 6) is -2.31. The van der Waals surface area contributed by atoms with Gasteiger partial charge in [0.25, 0.3) is 0 Å². The monoisotopic (exact) mass is 311 g/mol. The molecule has 0 bridgehead atoms. The van der Waals surface area contributed by atoms with Gasteiger partial charge in [0.05, 0.1) is 6.04 Å². The molecule has 1 aliphatic carbocycles. The molecule has 21 heavy (non-hydrogen) atoms. The second-order valence-electron chi connectivity index (χ2n) is 5.43. The molecule has 0 spiro atoms. The van der Waals surface area contributed by atoms with Crippen molar-refractivity contribution in [1.82, 2.24) is 0 Å². The fraction of sp³-hybridized carbons (Fsp3) is 0.375. The molecule has 1 N–H and O–H groups in total. The van der Waals surface area contributed by atoms with E-state index < -0.39 is 17.5 Å². The van der Waals surface area contributed by atoms with Crippen LogP contribution in [0.25, 0.3) is 0 Å². The average molecular weight is 311 g/mol. The molecule has 1 saturated carbocycles. The molecule has 0 saturated heterocycles. The quantitative estimate of drug-likeness (QED) is 0.785. The average Bonchev–Trinajstić information content (AvgIpc) is 3.11. The summed E-state index contributed by atoms with van der Waals surface area (Å²) in [6.45, 7) is 0. The molecule has 1 atom stereocenters. The summed E-state index contributed by atoms with van der Waals surface area (Å²) in [5, 5.41) is 4.94. The molecule has 0 radical (unpaired) electrons. The van der Waals surface area contributed by atoms with Gasteiger partial charge in [0.2, 0.25) is 0 Å². The Balaban J connectivity index is 1.91. The highest BCUT2D eigenvalue weighted by Gasteiger charge is 2.28.